The third-order valence-electron chi connectivity index (χ3n) is 2.23. The standard InChI is InChI=1S/C10H11N5O2S/c11-10-7(15(16)17)1-2-8(14-10)12-4-3-9-13-5-6-18-9/h1-2,5-6H,3-4H2,(H3,11,12,14). The van der Waals surface area contributed by atoms with Crippen LogP contribution < -0.4 is 11.1 Å². The molecule has 0 spiro atoms. The number of anilines is 2. The van der Waals surface area contributed by atoms with Crippen molar-refractivity contribution < 1.29 is 4.92 Å². The van der Waals surface area contributed by atoms with E-state index in [4.69, 9.17) is 5.73 Å². The van der Waals surface area contributed by atoms with Gasteiger partial charge in [-0.3, -0.25) is 10.1 Å². The number of hydrogen-bond donors (Lipinski definition) is 2. The highest BCUT2D eigenvalue weighted by Crippen LogP contribution is 2.20. The number of hydrogen-bond acceptors (Lipinski definition) is 7. The maximum Gasteiger partial charge on any atom is 0.311 e. The van der Waals surface area contributed by atoms with Crippen LogP contribution in [0.1, 0.15) is 5.01 Å². The van der Waals surface area contributed by atoms with E-state index in [2.05, 4.69) is 15.3 Å². The zero-order valence-corrected chi connectivity index (χ0v) is 10.2. The fourth-order valence-corrected chi connectivity index (χ4v) is 2.01. The Hall–Kier alpha value is -2.22. The van der Waals surface area contributed by atoms with Crippen molar-refractivity contribution in [3.63, 3.8) is 0 Å². The zero-order valence-electron chi connectivity index (χ0n) is 9.37. The Bertz CT molecular complexity index is 543. The average Bonchev–Trinajstić information content (AvgIpc) is 2.81. The van der Waals surface area contributed by atoms with Crippen LogP contribution in [0.25, 0.3) is 0 Å². The first-order chi connectivity index (χ1) is 8.66. The lowest BCUT2D eigenvalue weighted by molar-refractivity contribution is -0.384. The summed E-state index contributed by atoms with van der Waals surface area (Å²) in [6.07, 6.45) is 2.53. The van der Waals surface area contributed by atoms with Crippen molar-refractivity contribution in [3.05, 3.63) is 38.8 Å². The predicted molar refractivity (Wildman–Crippen MR) is 69.6 cm³/mol. The number of thiazole rings is 1. The van der Waals surface area contributed by atoms with Crippen LogP contribution in [0.2, 0.25) is 0 Å². The lowest BCUT2D eigenvalue weighted by Crippen LogP contribution is -2.08. The highest BCUT2D eigenvalue weighted by molar-refractivity contribution is 7.09. The van der Waals surface area contributed by atoms with Gasteiger partial charge in [-0.05, 0) is 6.07 Å². The number of nitro groups is 1. The third-order valence-corrected chi connectivity index (χ3v) is 3.07. The molecule has 2 aromatic rings. The van der Waals surface area contributed by atoms with Gasteiger partial charge in [0.2, 0.25) is 5.82 Å². The quantitative estimate of drug-likeness (QED) is 0.629. The number of rotatable bonds is 5. The van der Waals surface area contributed by atoms with Crippen LogP contribution in [-0.2, 0) is 6.42 Å². The molecule has 2 heterocycles. The molecule has 0 bridgehead atoms. The van der Waals surface area contributed by atoms with Crippen molar-refractivity contribution in [3.8, 4) is 0 Å². The van der Waals surface area contributed by atoms with Gasteiger partial charge in [-0.2, -0.15) is 0 Å². The van der Waals surface area contributed by atoms with Crippen molar-refractivity contribution in [2.24, 2.45) is 0 Å². The largest absolute Gasteiger partial charge is 0.378 e. The van der Waals surface area contributed by atoms with Crippen LogP contribution in [0, 0.1) is 10.1 Å². The molecular weight excluding hydrogens is 254 g/mol. The zero-order chi connectivity index (χ0) is 13.0. The molecule has 0 fully saturated rings. The average molecular weight is 265 g/mol. The van der Waals surface area contributed by atoms with E-state index < -0.39 is 4.92 Å². The number of aromatic nitrogens is 2. The fraction of sp³-hybridized carbons (Fsp3) is 0.200. The lowest BCUT2D eigenvalue weighted by atomic mass is 10.3. The molecule has 0 saturated carbocycles. The lowest BCUT2D eigenvalue weighted by Gasteiger charge is -2.04. The summed E-state index contributed by atoms with van der Waals surface area (Å²) in [6.45, 7) is 0.651. The van der Waals surface area contributed by atoms with Crippen LogP contribution in [0.4, 0.5) is 17.3 Å². The smallest absolute Gasteiger partial charge is 0.311 e. The summed E-state index contributed by atoms with van der Waals surface area (Å²) in [6, 6.07) is 2.88. The maximum atomic E-state index is 10.6. The Morgan fingerprint density at radius 1 is 1.50 bits per heavy atom. The van der Waals surface area contributed by atoms with Crippen molar-refractivity contribution in [1.82, 2.24) is 9.97 Å². The molecule has 3 N–H and O–H groups in total. The van der Waals surface area contributed by atoms with Crippen molar-refractivity contribution >= 4 is 28.7 Å². The van der Waals surface area contributed by atoms with Crippen LogP contribution in [0.15, 0.2) is 23.7 Å². The molecule has 8 heteroatoms. The monoisotopic (exact) mass is 265 g/mol. The first kappa shape index (κ1) is 12.2. The highest BCUT2D eigenvalue weighted by atomic mass is 32.1. The van der Waals surface area contributed by atoms with E-state index in [1.807, 2.05) is 5.38 Å². The van der Waals surface area contributed by atoms with Gasteiger partial charge in [-0.1, -0.05) is 0 Å². The normalized spacial score (nSPS) is 10.2. The van der Waals surface area contributed by atoms with Crippen molar-refractivity contribution in [1.29, 1.82) is 0 Å². The summed E-state index contributed by atoms with van der Waals surface area (Å²) in [4.78, 5) is 18.1. The van der Waals surface area contributed by atoms with E-state index in [0.717, 1.165) is 11.4 Å². The Kier molecular flexibility index (Phi) is 3.68. The van der Waals surface area contributed by atoms with E-state index in [1.165, 1.54) is 12.1 Å². The number of nitrogens with zero attached hydrogens (tertiary/aromatic N) is 3. The summed E-state index contributed by atoms with van der Waals surface area (Å²) in [5.74, 6) is 0.439. The molecule has 0 aromatic carbocycles. The Labute approximate surface area is 107 Å². The SMILES string of the molecule is Nc1nc(NCCc2nccs2)ccc1[N+](=O)[O-]. The Morgan fingerprint density at radius 2 is 2.33 bits per heavy atom. The summed E-state index contributed by atoms with van der Waals surface area (Å²) < 4.78 is 0. The Balaban J connectivity index is 1.94. The van der Waals surface area contributed by atoms with Crippen molar-refractivity contribution in [2.45, 2.75) is 6.42 Å². The van der Waals surface area contributed by atoms with Gasteiger partial charge in [0.05, 0.1) is 9.93 Å². The van der Waals surface area contributed by atoms with Crippen LogP contribution in [0.5, 0.6) is 0 Å². The van der Waals surface area contributed by atoms with Gasteiger partial charge < -0.3 is 11.1 Å². The van der Waals surface area contributed by atoms with E-state index in [1.54, 1.807) is 17.5 Å². The van der Waals surface area contributed by atoms with Gasteiger partial charge in [0.1, 0.15) is 5.82 Å². The van der Waals surface area contributed by atoms with Crippen molar-refractivity contribution in [2.75, 3.05) is 17.6 Å². The molecule has 0 aliphatic rings. The first-order valence-electron chi connectivity index (χ1n) is 5.20. The molecule has 94 valence electrons. The molecule has 0 aliphatic carbocycles. The molecular formula is C10H11N5O2S. The van der Waals surface area contributed by atoms with Crippen LogP contribution >= 0.6 is 11.3 Å². The molecule has 0 atom stereocenters. The second-order valence-corrected chi connectivity index (χ2v) is 4.44. The van der Waals surface area contributed by atoms with E-state index in [-0.39, 0.29) is 11.5 Å². The topological polar surface area (TPSA) is 107 Å². The molecule has 0 unspecified atom stereocenters. The molecule has 18 heavy (non-hydrogen) atoms. The molecule has 2 rings (SSSR count). The fourth-order valence-electron chi connectivity index (χ4n) is 1.39. The Morgan fingerprint density at radius 3 is 2.94 bits per heavy atom. The minimum Gasteiger partial charge on any atom is -0.378 e. The summed E-state index contributed by atoms with van der Waals surface area (Å²) in [5, 5.41) is 16.5. The van der Waals surface area contributed by atoms with E-state index in [9.17, 15) is 10.1 Å². The van der Waals surface area contributed by atoms with Crippen LogP contribution in [-0.4, -0.2) is 21.4 Å². The van der Waals surface area contributed by atoms with Crippen LogP contribution in [0.3, 0.4) is 0 Å². The van der Waals surface area contributed by atoms with Gasteiger partial charge in [0.25, 0.3) is 0 Å². The highest BCUT2D eigenvalue weighted by Gasteiger charge is 2.12. The van der Waals surface area contributed by atoms with E-state index in [0.29, 0.717) is 12.4 Å². The second kappa shape index (κ2) is 5.41. The number of nitrogens with one attached hydrogen (secondary N) is 1. The second-order valence-electron chi connectivity index (χ2n) is 3.46. The van der Waals surface area contributed by atoms with Gasteiger partial charge in [0.15, 0.2) is 0 Å². The first-order valence-corrected chi connectivity index (χ1v) is 6.08. The molecule has 7 nitrogen and oxygen atoms in total. The molecule has 2 aromatic heterocycles. The molecule has 0 aliphatic heterocycles. The van der Waals surface area contributed by atoms with Gasteiger partial charge in [-0.15, -0.1) is 11.3 Å². The summed E-state index contributed by atoms with van der Waals surface area (Å²) in [7, 11) is 0. The number of nitrogens with two attached hydrogens (primary N) is 1. The molecule has 0 saturated heterocycles. The summed E-state index contributed by atoms with van der Waals surface area (Å²) >= 11 is 1.58. The van der Waals surface area contributed by atoms with Gasteiger partial charge in [0, 0.05) is 30.6 Å². The van der Waals surface area contributed by atoms with Gasteiger partial charge in [-0.25, -0.2) is 9.97 Å². The summed E-state index contributed by atoms with van der Waals surface area (Å²) in [5.41, 5.74) is 5.31. The minimum atomic E-state index is -0.554. The number of nitrogen functional groups attached to an aromatic ring is 1. The number of pyridine rings is 1. The maximum absolute atomic E-state index is 10.6. The minimum absolute atomic E-state index is 0.0840. The predicted octanol–water partition coefficient (Wildman–Crippen LogP) is 1.68. The molecule has 0 amide bonds. The molecule has 0 radical (unpaired) electrons. The van der Waals surface area contributed by atoms with E-state index >= 15 is 0 Å². The van der Waals surface area contributed by atoms with Gasteiger partial charge >= 0.3 is 5.69 Å². The third kappa shape index (κ3) is 2.92.